The van der Waals surface area contributed by atoms with Gasteiger partial charge in [-0.3, -0.25) is 4.79 Å². The van der Waals surface area contributed by atoms with E-state index in [0.29, 0.717) is 6.42 Å². The van der Waals surface area contributed by atoms with Crippen molar-refractivity contribution in [1.29, 1.82) is 0 Å². The molecule has 0 spiro atoms. The van der Waals surface area contributed by atoms with Crippen molar-refractivity contribution >= 4 is 11.7 Å². The average Bonchev–Trinajstić information content (AvgIpc) is 2.76. The Hall–Kier alpha value is -1.55. The number of nitrogens with one attached hydrogen (secondary N) is 1. The zero-order valence-corrected chi connectivity index (χ0v) is 11.5. The highest BCUT2D eigenvalue weighted by atomic mass is 16.5. The van der Waals surface area contributed by atoms with Crippen LogP contribution in [0.4, 0.5) is 5.69 Å². The molecule has 3 rings (SSSR count). The van der Waals surface area contributed by atoms with Gasteiger partial charge in [-0.1, -0.05) is 25.1 Å². The SMILES string of the molecule is COC(=O)C1(C)CC[C@@]2(C)c3ccccc3N[C@@]12O. The van der Waals surface area contributed by atoms with E-state index in [9.17, 15) is 9.90 Å². The van der Waals surface area contributed by atoms with Gasteiger partial charge in [0.05, 0.1) is 7.11 Å². The number of rotatable bonds is 1. The summed E-state index contributed by atoms with van der Waals surface area (Å²) in [6, 6.07) is 7.85. The van der Waals surface area contributed by atoms with Crippen LogP contribution in [0.3, 0.4) is 0 Å². The molecular weight excluding hydrogens is 242 g/mol. The monoisotopic (exact) mass is 261 g/mol. The Morgan fingerprint density at radius 2 is 2.00 bits per heavy atom. The van der Waals surface area contributed by atoms with E-state index in [1.807, 2.05) is 31.2 Å². The van der Waals surface area contributed by atoms with Crippen LogP contribution >= 0.6 is 0 Å². The van der Waals surface area contributed by atoms with Crippen molar-refractivity contribution in [2.45, 2.75) is 37.8 Å². The van der Waals surface area contributed by atoms with Gasteiger partial charge < -0.3 is 15.2 Å². The van der Waals surface area contributed by atoms with Gasteiger partial charge in [0.15, 0.2) is 5.72 Å². The summed E-state index contributed by atoms with van der Waals surface area (Å²) in [7, 11) is 1.37. The first-order valence-electron chi connectivity index (χ1n) is 6.57. The maximum Gasteiger partial charge on any atom is 0.316 e. The smallest absolute Gasteiger partial charge is 0.316 e. The Labute approximate surface area is 112 Å². The van der Waals surface area contributed by atoms with Gasteiger partial charge in [-0.05, 0) is 31.4 Å². The van der Waals surface area contributed by atoms with E-state index < -0.39 is 16.6 Å². The van der Waals surface area contributed by atoms with Crippen LogP contribution in [-0.4, -0.2) is 23.9 Å². The third kappa shape index (κ3) is 1.20. The molecule has 2 aliphatic rings. The number of hydrogen-bond acceptors (Lipinski definition) is 4. The highest BCUT2D eigenvalue weighted by Gasteiger charge is 2.70. The fourth-order valence-electron chi connectivity index (χ4n) is 3.82. The lowest BCUT2D eigenvalue weighted by atomic mass is 9.71. The quantitative estimate of drug-likeness (QED) is 0.759. The van der Waals surface area contributed by atoms with Crippen molar-refractivity contribution in [2.75, 3.05) is 12.4 Å². The lowest BCUT2D eigenvalue weighted by molar-refractivity contribution is -0.166. The second kappa shape index (κ2) is 3.51. The second-order valence-electron chi connectivity index (χ2n) is 6.04. The molecule has 1 fully saturated rings. The first-order chi connectivity index (χ1) is 8.89. The van der Waals surface area contributed by atoms with Gasteiger partial charge in [-0.2, -0.15) is 0 Å². The summed E-state index contributed by atoms with van der Waals surface area (Å²) in [6.45, 7) is 3.79. The number of carbonyl (C=O) groups excluding carboxylic acids is 1. The number of methoxy groups -OCH3 is 1. The summed E-state index contributed by atoms with van der Waals surface area (Å²) in [6.07, 6.45) is 1.35. The molecule has 19 heavy (non-hydrogen) atoms. The molecule has 1 aromatic rings. The Morgan fingerprint density at radius 1 is 1.32 bits per heavy atom. The van der Waals surface area contributed by atoms with Crippen LogP contribution in [0, 0.1) is 5.41 Å². The molecule has 1 aromatic carbocycles. The molecule has 3 atom stereocenters. The third-order valence-electron chi connectivity index (χ3n) is 5.20. The minimum Gasteiger partial charge on any atom is -0.468 e. The van der Waals surface area contributed by atoms with E-state index in [4.69, 9.17) is 4.74 Å². The first-order valence-corrected chi connectivity index (χ1v) is 6.57. The summed E-state index contributed by atoms with van der Waals surface area (Å²) < 4.78 is 4.92. The fourth-order valence-corrected chi connectivity index (χ4v) is 3.82. The number of ether oxygens (including phenoxy) is 1. The maximum atomic E-state index is 12.2. The van der Waals surface area contributed by atoms with E-state index in [-0.39, 0.29) is 5.97 Å². The summed E-state index contributed by atoms with van der Waals surface area (Å²) in [4.78, 5) is 12.2. The maximum absolute atomic E-state index is 12.2. The molecule has 2 N–H and O–H groups in total. The Balaban J connectivity index is 2.17. The van der Waals surface area contributed by atoms with Gasteiger partial charge in [0.1, 0.15) is 5.41 Å². The van der Waals surface area contributed by atoms with Crippen LogP contribution < -0.4 is 5.32 Å². The van der Waals surface area contributed by atoms with E-state index in [2.05, 4.69) is 5.32 Å². The van der Waals surface area contributed by atoms with E-state index in [0.717, 1.165) is 17.7 Å². The average molecular weight is 261 g/mol. The van der Waals surface area contributed by atoms with Crippen molar-refractivity contribution in [1.82, 2.24) is 0 Å². The van der Waals surface area contributed by atoms with Crippen LogP contribution in [0.2, 0.25) is 0 Å². The first kappa shape index (κ1) is 12.5. The van der Waals surface area contributed by atoms with Crippen LogP contribution in [0.25, 0.3) is 0 Å². The van der Waals surface area contributed by atoms with E-state index in [1.54, 1.807) is 6.92 Å². The van der Waals surface area contributed by atoms with Gasteiger partial charge in [-0.25, -0.2) is 0 Å². The summed E-state index contributed by atoms with van der Waals surface area (Å²) >= 11 is 0. The molecular formula is C15H19NO3. The zero-order chi connectivity index (χ0) is 13.9. The minimum atomic E-state index is -1.29. The number of benzene rings is 1. The van der Waals surface area contributed by atoms with Crippen molar-refractivity contribution < 1.29 is 14.6 Å². The second-order valence-corrected chi connectivity index (χ2v) is 6.04. The predicted octanol–water partition coefficient (Wildman–Crippen LogP) is 2.03. The van der Waals surface area contributed by atoms with Crippen LogP contribution in [-0.2, 0) is 14.9 Å². The van der Waals surface area contributed by atoms with Crippen molar-refractivity contribution in [2.24, 2.45) is 5.41 Å². The number of fused-ring (bicyclic) bond motifs is 3. The minimum absolute atomic E-state index is 0.362. The van der Waals surface area contributed by atoms with Crippen molar-refractivity contribution in [3.05, 3.63) is 29.8 Å². The number of esters is 1. The Bertz CT molecular complexity index is 558. The van der Waals surface area contributed by atoms with E-state index >= 15 is 0 Å². The third-order valence-corrected chi connectivity index (χ3v) is 5.20. The number of anilines is 1. The highest BCUT2D eigenvalue weighted by Crippen LogP contribution is 2.63. The number of hydrogen-bond donors (Lipinski definition) is 2. The lowest BCUT2D eigenvalue weighted by Crippen LogP contribution is -2.59. The van der Waals surface area contributed by atoms with Gasteiger partial charge in [0.2, 0.25) is 0 Å². The Kier molecular flexibility index (Phi) is 2.31. The molecule has 1 heterocycles. The van der Waals surface area contributed by atoms with Crippen LogP contribution in [0.5, 0.6) is 0 Å². The predicted molar refractivity (Wildman–Crippen MR) is 71.7 cm³/mol. The van der Waals surface area contributed by atoms with Crippen molar-refractivity contribution in [3.63, 3.8) is 0 Å². The molecule has 1 unspecified atom stereocenters. The topological polar surface area (TPSA) is 58.6 Å². The number of carbonyl (C=O) groups is 1. The molecule has 0 saturated heterocycles. The van der Waals surface area contributed by atoms with Crippen LogP contribution in [0.15, 0.2) is 24.3 Å². The Morgan fingerprint density at radius 3 is 2.68 bits per heavy atom. The molecule has 102 valence electrons. The summed E-state index contributed by atoms with van der Waals surface area (Å²) in [5, 5.41) is 14.4. The normalized spacial score (nSPS) is 39.4. The zero-order valence-electron chi connectivity index (χ0n) is 11.5. The summed E-state index contributed by atoms with van der Waals surface area (Å²) in [5.41, 5.74) is -0.716. The van der Waals surface area contributed by atoms with Crippen LogP contribution in [0.1, 0.15) is 32.3 Å². The largest absolute Gasteiger partial charge is 0.468 e. The molecule has 0 radical (unpaired) electrons. The highest BCUT2D eigenvalue weighted by molar-refractivity contribution is 5.82. The molecule has 0 amide bonds. The van der Waals surface area contributed by atoms with Gasteiger partial charge in [0.25, 0.3) is 0 Å². The molecule has 0 bridgehead atoms. The molecule has 0 aromatic heterocycles. The number of para-hydroxylation sites is 1. The van der Waals surface area contributed by atoms with Gasteiger partial charge >= 0.3 is 5.97 Å². The van der Waals surface area contributed by atoms with Gasteiger partial charge in [0, 0.05) is 11.1 Å². The molecule has 4 nitrogen and oxygen atoms in total. The molecule has 1 saturated carbocycles. The molecule has 1 aliphatic heterocycles. The standard InChI is InChI=1S/C15H19NO3/c1-13-8-9-14(2,12(17)19-3)15(13,18)16-11-7-5-4-6-10(11)13/h4-7,16,18H,8-9H2,1-3H3/t13-,14?,15-/m0/s1. The lowest BCUT2D eigenvalue weighted by Gasteiger charge is -2.41. The fraction of sp³-hybridized carbons (Fsp3) is 0.533. The number of aliphatic hydroxyl groups is 1. The molecule has 1 aliphatic carbocycles. The summed E-state index contributed by atoms with van der Waals surface area (Å²) in [5.74, 6) is -0.362. The van der Waals surface area contributed by atoms with E-state index in [1.165, 1.54) is 7.11 Å². The van der Waals surface area contributed by atoms with Gasteiger partial charge in [-0.15, -0.1) is 0 Å². The molecule has 4 heteroatoms. The van der Waals surface area contributed by atoms with Crippen molar-refractivity contribution in [3.8, 4) is 0 Å².